The number of para-hydroxylation sites is 1. The molecule has 1 N–H and O–H groups in total. The highest BCUT2D eigenvalue weighted by Crippen LogP contribution is 2.15. The van der Waals surface area contributed by atoms with Gasteiger partial charge in [-0.3, -0.25) is 4.79 Å². The van der Waals surface area contributed by atoms with Crippen molar-refractivity contribution in [2.45, 2.75) is 6.92 Å². The van der Waals surface area contributed by atoms with Crippen molar-refractivity contribution in [3.63, 3.8) is 0 Å². The van der Waals surface area contributed by atoms with Gasteiger partial charge in [-0.2, -0.15) is 9.40 Å². The first-order valence-electron chi connectivity index (χ1n) is 8.54. The molecule has 0 bridgehead atoms. The Hall–Kier alpha value is -2.30. The minimum absolute atomic E-state index is 0.0376. The predicted molar refractivity (Wildman–Crippen MR) is 96.8 cm³/mol. The summed E-state index contributed by atoms with van der Waals surface area (Å²) in [5.41, 5.74) is 0.926. The normalized spacial score (nSPS) is 15.6. The highest BCUT2D eigenvalue weighted by Gasteiger charge is 2.24. The van der Waals surface area contributed by atoms with E-state index in [9.17, 15) is 17.6 Å². The fourth-order valence-electron chi connectivity index (χ4n) is 2.79. The monoisotopic (exact) mass is 396 g/mol. The summed E-state index contributed by atoms with van der Waals surface area (Å²) in [5, 5.41) is 6.69. The summed E-state index contributed by atoms with van der Waals surface area (Å²) in [6.07, 6.45) is 0. The van der Waals surface area contributed by atoms with Crippen LogP contribution in [-0.4, -0.2) is 67.0 Å². The minimum atomic E-state index is -3.45. The first-order chi connectivity index (χ1) is 12.9. The highest BCUT2D eigenvalue weighted by atomic mass is 32.2. The second kappa shape index (κ2) is 8.15. The van der Waals surface area contributed by atoms with Crippen LogP contribution in [0.15, 0.2) is 30.3 Å². The number of carbonyl (C=O) groups is 1. The van der Waals surface area contributed by atoms with Gasteiger partial charge in [0.1, 0.15) is 11.5 Å². The highest BCUT2D eigenvalue weighted by molar-refractivity contribution is 7.89. The van der Waals surface area contributed by atoms with Crippen molar-refractivity contribution in [2.24, 2.45) is 0 Å². The van der Waals surface area contributed by atoms with E-state index in [1.54, 1.807) is 25.1 Å². The maximum Gasteiger partial charge on any atom is 0.271 e. The Morgan fingerprint density at radius 3 is 2.70 bits per heavy atom. The smallest absolute Gasteiger partial charge is 0.271 e. The Labute approximate surface area is 157 Å². The van der Waals surface area contributed by atoms with Gasteiger partial charge in [0.25, 0.3) is 5.91 Å². The molecule has 10 heteroatoms. The van der Waals surface area contributed by atoms with E-state index in [-0.39, 0.29) is 23.7 Å². The topological polar surface area (TPSA) is 93.5 Å². The van der Waals surface area contributed by atoms with E-state index in [0.717, 1.165) is 0 Å². The number of carbonyl (C=O) groups excluding carboxylic acids is 1. The zero-order valence-electron chi connectivity index (χ0n) is 14.9. The number of ether oxygens (including phenoxy) is 1. The Kier molecular flexibility index (Phi) is 5.88. The van der Waals surface area contributed by atoms with Gasteiger partial charge in [0, 0.05) is 25.3 Å². The van der Waals surface area contributed by atoms with Gasteiger partial charge in [0.15, 0.2) is 5.69 Å². The van der Waals surface area contributed by atoms with Crippen LogP contribution in [0.4, 0.5) is 4.39 Å². The fourth-order valence-corrected chi connectivity index (χ4v) is 4.11. The van der Waals surface area contributed by atoms with Crippen LogP contribution in [0.5, 0.6) is 0 Å². The molecule has 1 aliphatic heterocycles. The quantitative estimate of drug-likeness (QED) is 0.776. The maximum atomic E-state index is 13.9. The van der Waals surface area contributed by atoms with Gasteiger partial charge in [0.2, 0.25) is 10.0 Å². The summed E-state index contributed by atoms with van der Waals surface area (Å²) in [6.45, 7) is 3.06. The first kappa shape index (κ1) is 19.5. The Morgan fingerprint density at radius 1 is 1.30 bits per heavy atom. The van der Waals surface area contributed by atoms with Crippen molar-refractivity contribution in [1.82, 2.24) is 19.4 Å². The van der Waals surface area contributed by atoms with Crippen LogP contribution in [0.3, 0.4) is 0 Å². The summed E-state index contributed by atoms with van der Waals surface area (Å²) in [4.78, 5) is 12.3. The number of aromatic nitrogens is 2. The molecule has 8 nitrogen and oxygen atoms in total. The number of nitrogens with one attached hydrogen (secondary N) is 1. The number of hydrogen-bond acceptors (Lipinski definition) is 5. The summed E-state index contributed by atoms with van der Waals surface area (Å²) in [7, 11) is -3.45. The zero-order chi connectivity index (χ0) is 19.4. The third kappa shape index (κ3) is 4.52. The molecule has 0 aliphatic carbocycles. The third-order valence-corrected chi connectivity index (χ3v) is 6.08. The van der Waals surface area contributed by atoms with Gasteiger partial charge >= 0.3 is 0 Å². The first-order valence-corrected chi connectivity index (χ1v) is 10.1. The molecule has 27 heavy (non-hydrogen) atoms. The van der Waals surface area contributed by atoms with Gasteiger partial charge in [-0.25, -0.2) is 17.5 Å². The van der Waals surface area contributed by atoms with Crippen LogP contribution in [-0.2, 0) is 14.8 Å². The minimum Gasteiger partial charge on any atom is -0.379 e. The molecule has 1 fully saturated rings. The molecule has 0 saturated carbocycles. The van der Waals surface area contributed by atoms with Crippen LogP contribution in [0.25, 0.3) is 5.69 Å². The van der Waals surface area contributed by atoms with Crippen molar-refractivity contribution in [2.75, 3.05) is 38.6 Å². The Bertz CT molecular complexity index is 923. The van der Waals surface area contributed by atoms with E-state index in [2.05, 4.69) is 10.4 Å². The number of nitrogens with zero attached hydrogens (tertiary/aromatic N) is 3. The number of hydrogen-bond donors (Lipinski definition) is 1. The summed E-state index contributed by atoms with van der Waals surface area (Å²) >= 11 is 0. The Morgan fingerprint density at radius 2 is 2.00 bits per heavy atom. The van der Waals surface area contributed by atoms with E-state index >= 15 is 0 Å². The lowest BCUT2D eigenvalue weighted by Gasteiger charge is -2.25. The van der Waals surface area contributed by atoms with Crippen molar-refractivity contribution in [3.05, 3.63) is 47.5 Å². The number of sulfonamides is 1. The van der Waals surface area contributed by atoms with Gasteiger partial charge in [-0.1, -0.05) is 12.1 Å². The fraction of sp³-hybridized carbons (Fsp3) is 0.412. The van der Waals surface area contributed by atoms with Crippen LogP contribution in [0, 0.1) is 12.7 Å². The molecule has 0 radical (unpaired) electrons. The number of rotatable bonds is 6. The summed E-state index contributed by atoms with van der Waals surface area (Å²) in [6, 6.07) is 7.65. The average Bonchev–Trinajstić information content (AvgIpc) is 3.04. The molecule has 1 aromatic heterocycles. The third-order valence-electron chi connectivity index (χ3n) is 4.21. The number of morpholine rings is 1. The van der Waals surface area contributed by atoms with Crippen LogP contribution in [0.1, 0.15) is 16.2 Å². The van der Waals surface area contributed by atoms with Crippen LogP contribution >= 0.6 is 0 Å². The van der Waals surface area contributed by atoms with Crippen LogP contribution < -0.4 is 5.32 Å². The second-order valence-corrected chi connectivity index (χ2v) is 8.21. The van der Waals surface area contributed by atoms with E-state index in [1.165, 1.54) is 21.1 Å². The lowest BCUT2D eigenvalue weighted by atomic mass is 10.3. The molecule has 1 aromatic carbocycles. The van der Waals surface area contributed by atoms with Crippen LogP contribution in [0.2, 0.25) is 0 Å². The zero-order valence-corrected chi connectivity index (χ0v) is 15.7. The lowest BCUT2D eigenvalue weighted by molar-refractivity contribution is 0.0730. The molecule has 3 rings (SSSR count). The molecule has 0 unspecified atom stereocenters. The molecule has 0 spiro atoms. The summed E-state index contributed by atoms with van der Waals surface area (Å²) < 4.78 is 46.3. The number of amides is 1. The average molecular weight is 396 g/mol. The van der Waals surface area contributed by atoms with Gasteiger partial charge in [-0.05, 0) is 25.1 Å². The van der Waals surface area contributed by atoms with Crippen molar-refractivity contribution < 1.29 is 22.3 Å². The number of benzene rings is 1. The molecule has 2 heterocycles. The molecule has 1 amide bonds. The molecule has 1 saturated heterocycles. The summed E-state index contributed by atoms with van der Waals surface area (Å²) in [5.74, 6) is -1.16. The maximum absolute atomic E-state index is 13.9. The number of halogens is 1. The predicted octanol–water partition coefficient (Wildman–Crippen LogP) is 0.712. The van der Waals surface area contributed by atoms with Crippen molar-refractivity contribution in [1.29, 1.82) is 0 Å². The SMILES string of the molecule is Cc1cc(C(=O)NCCS(=O)(=O)N2CCOCC2)nn1-c1ccccc1F. The molecular weight excluding hydrogens is 375 g/mol. The largest absolute Gasteiger partial charge is 0.379 e. The van der Waals surface area contributed by atoms with E-state index in [4.69, 9.17) is 4.74 Å². The van der Waals surface area contributed by atoms with E-state index < -0.39 is 21.7 Å². The van der Waals surface area contributed by atoms with E-state index in [0.29, 0.717) is 32.0 Å². The van der Waals surface area contributed by atoms with Gasteiger partial charge < -0.3 is 10.1 Å². The Balaban J connectivity index is 1.62. The molecule has 1 aliphatic rings. The molecular formula is C17H21FN4O4S. The van der Waals surface area contributed by atoms with Crippen molar-refractivity contribution >= 4 is 15.9 Å². The van der Waals surface area contributed by atoms with Crippen molar-refractivity contribution in [3.8, 4) is 5.69 Å². The van der Waals surface area contributed by atoms with E-state index in [1.807, 2.05) is 0 Å². The molecule has 0 atom stereocenters. The molecule has 2 aromatic rings. The second-order valence-electron chi connectivity index (χ2n) is 6.12. The lowest BCUT2D eigenvalue weighted by Crippen LogP contribution is -2.43. The molecule has 146 valence electrons. The standard InChI is InChI=1S/C17H21FN4O4S/c1-13-12-15(20-22(13)16-5-3-2-4-14(16)18)17(23)19-6-11-27(24,25)21-7-9-26-10-8-21/h2-5,12H,6-11H2,1H3,(H,19,23). The van der Waals surface area contributed by atoms with Gasteiger partial charge in [-0.15, -0.1) is 0 Å². The van der Waals surface area contributed by atoms with Gasteiger partial charge in [0.05, 0.1) is 19.0 Å². The number of aryl methyl sites for hydroxylation is 1.